The van der Waals surface area contributed by atoms with Gasteiger partial charge >= 0.3 is 0 Å². The Kier molecular flexibility index (Phi) is 7.37. The summed E-state index contributed by atoms with van der Waals surface area (Å²) in [6.07, 6.45) is 2.35. The van der Waals surface area contributed by atoms with Crippen LogP contribution >= 0.6 is 0 Å². The molecular formula is C14H28N4O2S. The molecule has 3 N–H and O–H groups in total. The minimum atomic E-state index is -3.42. The molecule has 0 unspecified atom stereocenters. The van der Waals surface area contributed by atoms with Crippen LogP contribution in [0.2, 0.25) is 0 Å². The highest BCUT2D eigenvalue weighted by molar-refractivity contribution is 7.89. The molecule has 7 heteroatoms. The van der Waals surface area contributed by atoms with Gasteiger partial charge in [0.2, 0.25) is 10.0 Å². The summed E-state index contributed by atoms with van der Waals surface area (Å²) in [4.78, 5) is 5.49. The molecule has 1 aromatic heterocycles. The first kappa shape index (κ1) is 18.2. The summed E-state index contributed by atoms with van der Waals surface area (Å²) in [6.45, 7) is 10.3. The van der Waals surface area contributed by atoms with E-state index in [9.17, 15) is 8.42 Å². The van der Waals surface area contributed by atoms with Crippen molar-refractivity contribution in [2.45, 2.75) is 38.6 Å². The van der Waals surface area contributed by atoms with Crippen LogP contribution < -0.4 is 5.73 Å². The lowest BCUT2D eigenvalue weighted by Crippen LogP contribution is -2.34. The van der Waals surface area contributed by atoms with Crippen LogP contribution in [-0.4, -0.2) is 55.3 Å². The predicted molar refractivity (Wildman–Crippen MR) is 85.5 cm³/mol. The van der Waals surface area contributed by atoms with Crippen LogP contribution in [0.5, 0.6) is 0 Å². The van der Waals surface area contributed by atoms with Crippen molar-refractivity contribution in [3.05, 3.63) is 18.0 Å². The van der Waals surface area contributed by atoms with E-state index in [2.05, 4.69) is 23.7 Å². The molecule has 0 saturated carbocycles. The van der Waals surface area contributed by atoms with Gasteiger partial charge in [-0.1, -0.05) is 20.8 Å². The Morgan fingerprint density at radius 1 is 1.14 bits per heavy atom. The molecule has 1 rings (SSSR count). The van der Waals surface area contributed by atoms with Gasteiger partial charge in [-0.2, -0.15) is 4.31 Å². The van der Waals surface area contributed by atoms with E-state index >= 15 is 0 Å². The van der Waals surface area contributed by atoms with Gasteiger partial charge in [0.05, 0.1) is 4.90 Å². The Morgan fingerprint density at radius 2 is 1.81 bits per heavy atom. The zero-order chi connectivity index (χ0) is 15.9. The molecule has 21 heavy (non-hydrogen) atoms. The summed E-state index contributed by atoms with van der Waals surface area (Å²) in [5.41, 5.74) is 6.24. The SMILES string of the molecule is CCN(CC)CCCN(CC)S(=O)(=O)c1c[nH]c(CN)c1. The average molecular weight is 316 g/mol. The van der Waals surface area contributed by atoms with Gasteiger partial charge in [0.15, 0.2) is 0 Å². The molecule has 0 fully saturated rings. The van der Waals surface area contributed by atoms with Gasteiger partial charge in [0, 0.05) is 31.5 Å². The molecular weight excluding hydrogens is 288 g/mol. The highest BCUT2D eigenvalue weighted by Crippen LogP contribution is 2.17. The highest BCUT2D eigenvalue weighted by Gasteiger charge is 2.23. The van der Waals surface area contributed by atoms with Gasteiger partial charge in [-0.05, 0) is 32.1 Å². The largest absolute Gasteiger partial charge is 0.363 e. The standard InChI is InChI=1S/C14H28N4O2S/c1-4-17(5-2)8-7-9-18(6-3)21(19,20)14-10-13(11-15)16-12-14/h10,12,16H,4-9,11,15H2,1-3H3. The minimum Gasteiger partial charge on any atom is -0.363 e. The Labute approximate surface area is 128 Å². The predicted octanol–water partition coefficient (Wildman–Crippen LogP) is 1.22. The van der Waals surface area contributed by atoms with Gasteiger partial charge in [-0.3, -0.25) is 0 Å². The van der Waals surface area contributed by atoms with Crippen LogP contribution in [-0.2, 0) is 16.6 Å². The molecule has 0 atom stereocenters. The van der Waals surface area contributed by atoms with Gasteiger partial charge in [0.25, 0.3) is 0 Å². The van der Waals surface area contributed by atoms with Crippen molar-refractivity contribution in [2.75, 3.05) is 32.7 Å². The molecule has 1 heterocycles. The second-order valence-corrected chi connectivity index (χ2v) is 6.88. The van der Waals surface area contributed by atoms with E-state index in [1.165, 1.54) is 10.5 Å². The van der Waals surface area contributed by atoms with E-state index < -0.39 is 10.0 Å². The third-order valence-corrected chi connectivity index (χ3v) is 5.66. The number of sulfonamides is 1. The van der Waals surface area contributed by atoms with E-state index in [4.69, 9.17) is 5.73 Å². The first-order valence-electron chi connectivity index (χ1n) is 7.59. The second-order valence-electron chi connectivity index (χ2n) is 4.94. The lowest BCUT2D eigenvalue weighted by atomic mass is 10.3. The van der Waals surface area contributed by atoms with Gasteiger partial charge in [-0.25, -0.2) is 8.42 Å². The number of hydrogen-bond donors (Lipinski definition) is 2. The summed E-state index contributed by atoms with van der Waals surface area (Å²) in [7, 11) is -3.42. The molecule has 0 saturated heterocycles. The molecule has 0 spiro atoms. The van der Waals surface area contributed by atoms with Crippen molar-refractivity contribution < 1.29 is 8.42 Å². The minimum absolute atomic E-state index is 0.299. The third-order valence-electron chi connectivity index (χ3n) is 3.70. The molecule has 122 valence electrons. The topological polar surface area (TPSA) is 82.4 Å². The van der Waals surface area contributed by atoms with E-state index in [1.54, 1.807) is 6.07 Å². The van der Waals surface area contributed by atoms with Crippen LogP contribution in [0, 0.1) is 0 Å². The summed E-state index contributed by atoms with van der Waals surface area (Å²) in [5.74, 6) is 0. The number of rotatable bonds is 10. The fourth-order valence-electron chi connectivity index (χ4n) is 2.29. The lowest BCUT2D eigenvalue weighted by Gasteiger charge is -2.22. The first-order valence-corrected chi connectivity index (χ1v) is 9.03. The van der Waals surface area contributed by atoms with Crippen molar-refractivity contribution in [3.8, 4) is 0 Å². The molecule has 1 aromatic rings. The molecule has 0 aromatic carbocycles. The van der Waals surface area contributed by atoms with Crippen molar-refractivity contribution in [1.82, 2.24) is 14.2 Å². The summed E-state index contributed by atoms with van der Waals surface area (Å²) in [5, 5.41) is 0. The van der Waals surface area contributed by atoms with E-state index in [1.807, 2.05) is 6.92 Å². The van der Waals surface area contributed by atoms with Gasteiger partial charge < -0.3 is 15.6 Å². The maximum absolute atomic E-state index is 12.6. The molecule has 0 aliphatic rings. The molecule has 0 bridgehead atoms. The van der Waals surface area contributed by atoms with Crippen molar-refractivity contribution >= 4 is 10.0 Å². The molecule has 0 aliphatic heterocycles. The van der Waals surface area contributed by atoms with Crippen molar-refractivity contribution in [1.29, 1.82) is 0 Å². The maximum atomic E-state index is 12.6. The van der Waals surface area contributed by atoms with Crippen molar-refractivity contribution in [2.24, 2.45) is 5.73 Å². The van der Waals surface area contributed by atoms with Crippen LogP contribution in [0.15, 0.2) is 17.2 Å². The van der Waals surface area contributed by atoms with Crippen LogP contribution in [0.1, 0.15) is 32.9 Å². The second kappa shape index (κ2) is 8.53. The van der Waals surface area contributed by atoms with E-state index in [0.29, 0.717) is 24.5 Å². The van der Waals surface area contributed by atoms with E-state index in [-0.39, 0.29) is 0 Å². The molecule has 0 aliphatic carbocycles. The number of hydrogen-bond acceptors (Lipinski definition) is 4. The summed E-state index contributed by atoms with van der Waals surface area (Å²) < 4.78 is 26.6. The Bertz CT molecular complexity index is 509. The van der Waals surface area contributed by atoms with Crippen LogP contribution in [0.25, 0.3) is 0 Å². The molecule has 0 radical (unpaired) electrons. The Balaban J connectivity index is 2.69. The maximum Gasteiger partial charge on any atom is 0.244 e. The smallest absolute Gasteiger partial charge is 0.244 e. The number of aromatic amines is 1. The number of nitrogens with zero attached hydrogens (tertiary/aromatic N) is 2. The van der Waals surface area contributed by atoms with Gasteiger partial charge in [-0.15, -0.1) is 0 Å². The Hall–Kier alpha value is -0.890. The average Bonchev–Trinajstić information content (AvgIpc) is 2.97. The van der Waals surface area contributed by atoms with Crippen molar-refractivity contribution in [3.63, 3.8) is 0 Å². The number of aromatic nitrogens is 1. The highest BCUT2D eigenvalue weighted by atomic mass is 32.2. The summed E-state index contributed by atoms with van der Waals surface area (Å²) in [6, 6.07) is 1.61. The van der Waals surface area contributed by atoms with Crippen LogP contribution in [0.4, 0.5) is 0 Å². The quantitative estimate of drug-likeness (QED) is 0.680. The zero-order valence-corrected chi connectivity index (χ0v) is 14.1. The number of nitrogens with two attached hydrogens (primary N) is 1. The van der Waals surface area contributed by atoms with Gasteiger partial charge in [0.1, 0.15) is 0 Å². The summed E-state index contributed by atoms with van der Waals surface area (Å²) >= 11 is 0. The monoisotopic (exact) mass is 316 g/mol. The number of nitrogens with one attached hydrogen (secondary N) is 1. The Morgan fingerprint density at radius 3 is 2.29 bits per heavy atom. The fraction of sp³-hybridized carbons (Fsp3) is 0.714. The molecule has 0 amide bonds. The van der Waals surface area contributed by atoms with E-state index in [0.717, 1.165) is 31.7 Å². The normalized spacial score (nSPS) is 12.5. The molecule has 6 nitrogen and oxygen atoms in total. The fourth-order valence-corrected chi connectivity index (χ4v) is 3.80. The first-order chi connectivity index (χ1) is 9.99. The number of H-pyrrole nitrogens is 1. The third kappa shape index (κ3) is 4.81. The zero-order valence-electron chi connectivity index (χ0n) is 13.3. The van der Waals surface area contributed by atoms with Crippen LogP contribution in [0.3, 0.4) is 0 Å². The lowest BCUT2D eigenvalue weighted by molar-refractivity contribution is 0.285.